The minimum absolute atomic E-state index is 0.215. The van der Waals surface area contributed by atoms with Gasteiger partial charge in [0, 0.05) is 7.05 Å². The number of urea groups is 1. The molecular formula is C17H22N5O2+. The van der Waals surface area contributed by atoms with Gasteiger partial charge in [-0.2, -0.15) is 0 Å². The van der Waals surface area contributed by atoms with E-state index in [9.17, 15) is 9.59 Å². The highest BCUT2D eigenvalue weighted by Gasteiger charge is 2.53. The lowest BCUT2D eigenvalue weighted by Crippen LogP contribution is -2.58. The largest absolute Gasteiger partial charge is 0.402 e. The molecule has 0 saturated carbocycles. The molecule has 0 radical (unpaired) electrons. The van der Waals surface area contributed by atoms with E-state index < -0.39 is 6.04 Å². The smallest absolute Gasteiger partial charge is 0.270 e. The number of hydrogen-bond donors (Lipinski definition) is 0. The van der Waals surface area contributed by atoms with Gasteiger partial charge in [-0.15, -0.1) is 0 Å². The molecule has 2 aliphatic heterocycles. The monoisotopic (exact) mass is 328 g/mol. The van der Waals surface area contributed by atoms with Crippen LogP contribution in [-0.2, 0) is 11.3 Å². The number of likely N-dealkylation sites (N-methyl/N-ethyl adjacent to an activating group) is 1. The van der Waals surface area contributed by atoms with Crippen LogP contribution in [0.1, 0.15) is 24.4 Å². The maximum Gasteiger partial charge on any atom is 0.402 e. The first-order valence-electron chi connectivity index (χ1n) is 7.83. The maximum absolute atomic E-state index is 13.0. The Hall–Kier alpha value is -2.70. The van der Waals surface area contributed by atoms with Crippen molar-refractivity contribution in [1.82, 2.24) is 14.4 Å². The van der Waals surface area contributed by atoms with E-state index in [4.69, 9.17) is 0 Å². The summed E-state index contributed by atoms with van der Waals surface area (Å²) in [6.45, 7) is 14.2. The SMILES string of the molecule is C=CC[n+]1c(C)c(C)n2c1N=C1C2C(=O)N(CC(=C)C)C(=O)N1C. The predicted molar refractivity (Wildman–Crippen MR) is 90.1 cm³/mol. The number of carbonyl (C=O) groups is 2. The molecule has 3 rings (SSSR count). The van der Waals surface area contributed by atoms with Gasteiger partial charge in [-0.25, -0.2) is 13.9 Å². The first-order chi connectivity index (χ1) is 11.3. The number of imidazole rings is 1. The molecule has 1 fully saturated rings. The first kappa shape index (κ1) is 16.2. The Labute approximate surface area is 141 Å². The van der Waals surface area contributed by atoms with Crippen molar-refractivity contribution in [2.24, 2.45) is 4.99 Å². The second kappa shape index (κ2) is 5.43. The van der Waals surface area contributed by atoms with Crippen molar-refractivity contribution in [3.63, 3.8) is 0 Å². The number of carbonyl (C=O) groups excluding carboxylic acids is 2. The van der Waals surface area contributed by atoms with Crippen LogP contribution in [0.5, 0.6) is 0 Å². The zero-order chi connectivity index (χ0) is 17.8. The fourth-order valence-corrected chi connectivity index (χ4v) is 3.27. The second-order valence-electron chi connectivity index (χ2n) is 6.34. The van der Waals surface area contributed by atoms with Gasteiger partial charge in [0.05, 0.1) is 13.1 Å². The lowest BCUT2D eigenvalue weighted by Gasteiger charge is -2.33. The van der Waals surface area contributed by atoms with Crippen LogP contribution in [0, 0.1) is 13.8 Å². The number of allylic oxidation sites excluding steroid dienone is 1. The fraction of sp³-hybridized carbons (Fsp3) is 0.412. The summed E-state index contributed by atoms with van der Waals surface area (Å²) in [5.74, 6) is 0.886. The zero-order valence-electron chi connectivity index (χ0n) is 14.5. The topological polar surface area (TPSA) is 61.8 Å². The van der Waals surface area contributed by atoms with Gasteiger partial charge < -0.3 is 0 Å². The molecule has 1 unspecified atom stereocenters. The van der Waals surface area contributed by atoms with Gasteiger partial charge in [-0.1, -0.05) is 29.8 Å². The van der Waals surface area contributed by atoms with Crippen molar-refractivity contribution in [3.8, 4) is 0 Å². The van der Waals surface area contributed by atoms with E-state index in [1.807, 2.05) is 23.0 Å². The summed E-state index contributed by atoms with van der Waals surface area (Å²) >= 11 is 0. The molecule has 0 spiro atoms. The molecule has 0 N–H and O–H groups in total. The molecule has 3 amide bonds. The molecule has 1 saturated heterocycles. The number of hydrogen-bond acceptors (Lipinski definition) is 3. The molecule has 0 aromatic carbocycles. The van der Waals surface area contributed by atoms with Crippen molar-refractivity contribution < 1.29 is 14.2 Å². The minimum Gasteiger partial charge on any atom is -0.270 e. The fourth-order valence-electron chi connectivity index (χ4n) is 3.27. The predicted octanol–water partition coefficient (Wildman–Crippen LogP) is 1.63. The number of aromatic nitrogens is 2. The highest BCUT2D eigenvalue weighted by atomic mass is 16.2. The average Bonchev–Trinajstić information content (AvgIpc) is 3.02. The normalized spacial score (nSPS) is 19.3. The number of fused-ring (bicyclic) bond motifs is 3. The van der Waals surface area contributed by atoms with E-state index in [-0.39, 0.29) is 18.5 Å². The molecule has 0 bridgehead atoms. The molecule has 0 aliphatic carbocycles. The number of rotatable bonds is 4. The summed E-state index contributed by atoms with van der Waals surface area (Å²) in [4.78, 5) is 32.8. The summed E-state index contributed by atoms with van der Waals surface area (Å²) in [6.07, 6.45) is 1.79. The molecule has 2 aliphatic rings. The quantitative estimate of drug-likeness (QED) is 0.623. The van der Waals surface area contributed by atoms with Crippen molar-refractivity contribution in [1.29, 1.82) is 0 Å². The molecule has 1 aromatic rings. The standard InChI is InChI=1S/C17H22N5O2/c1-7-8-20-11(4)12(5)22-13-14(18-16(20)22)19(6)17(24)21(15(13)23)9-10(2)3/h7,13H,1-2,8-9H2,3-6H3/q+1. The Balaban J connectivity index is 2.15. The number of imide groups is 1. The van der Waals surface area contributed by atoms with Gasteiger partial charge in [-0.3, -0.25) is 14.6 Å². The Morgan fingerprint density at radius 2 is 2.04 bits per heavy atom. The molecule has 7 heteroatoms. The van der Waals surface area contributed by atoms with E-state index in [0.717, 1.165) is 17.0 Å². The van der Waals surface area contributed by atoms with Crippen LogP contribution < -0.4 is 4.57 Å². The van der Waals surface area contributed by atoms with Gasteiger partial charge in [-0.05, 0) is 20.8 Å². The number of amidine groups is 1. The van der Waals surface area contributed by atoms with Crippen LogP contribution in [0.3, 0.4) is 0 Å². The first-order valence-corrected chi connectivity index (χ1v) is 7.83. The summed E-state index contributed by atoms with van der Waals surface area (Å²) in [7, 11) is 1.65. The molecule has 7 nitrogen and oxygen atoms in total. The average molecular weight is 328 g/mol. The van der Waals surface area contributed by atoms with E-state index in [2.05, 4.69) is 18.2 Å². The molecule has 1 atom stereocenters. The van der Waals surface area contributed by atoms with Crippen LogP contribution in [0.2, 0.25) is 0 Å². The second-order valence-corrected chi connectivity index (χ2v) is 6.34. The summed E-state index contributed by atoms with van der Waals surface area (Å²) in [5, 5.41) is 0. The van der Waals surface area contributed by atoms with E-state index in [1.165, 1.54) is 9.80 Å². The maximum atomic E-state index is 13.0. The molecule has 3 heterocycles. The highest BCUT2D eigenvalue weighted by Crippen LogP contribution is 2.35. The summed E-state index contributed by atoms with van der Waals surface area (Å²) in [6, 6.07) is -0.972. The lowest BCUT2D eigenvalue weighted by atomic mass is 10.1. The van der Waals surface area contributed by atoms with E-state index >= 15 is 0 Å². The lowest BCUT2D eigenvalue weighted by molar-refractivity contribution is -0.679. The minimum atomic E-state index is -0.605. The Morgan fingerprint density at radius 1 is 1.38 bits per heavy atom. The van der Waals surface area contributed by atoms with Crippen LogP contribution in [0.4, 0.5) is 10.7 Å². The number of aliphatic imine (C=N–C) groups is 1. The van der Waals surface area contributed by atoms with Crippen LogP contribution >= 0.6 is 0 Å². The summed E-state index contributed by atoms with van der Waals surface area (Å²) < 4.78 is 3.91. The third-order valence-corrected chi connectivity index (χ3v) is 4.57. The van der Waals surface area contributed by atoms with Crippen molar-refractivity contribution >= 4 is 23.7 Å². The van der Waals surface area contributed by atoms with Gasteiger partial charge in [0.25, 0.3) is 5.91 Å². The van der Waals surface area contributed by atoms with Crippen LogP contribution in [0.15, 0.2) is 29.8 Å². The molecule has 126 valence electrons. The summed E-state index contributed by atoms with van der Waals surface area (Å²) in [5.41, 5.74) is 2.75. The third-order valence-electron chi connectivity index (χ3n) is 4.57. The highest BCUT2D eigenvalue weighted by molar-refractivity contribution is 6.20. The Kier molecular flexibility index (Phi) is 3.66. The van der Waals surface area contributed by atoms with E-state index in [0.29, 0.717) is 18.3 Å². The van der Waals surface area contributed by atoms with Gasteiger partial charge >= 0.3 is 12.0 Å². The van der Waals surface area contributed by atoms with Gasteiger partial charge in [0.15, 0.2) is 0 Å². The molecular weight excluding hydrogens is 306 g/mol. The van der Waals surface area contributed by atoms with Crippen molar-refractivity contribution in [3.05, 3.63) is 36.2 Å². The third kappa shape index (κ3) is 2.04. The van der Waals surface area contributed by atoms with Gasteiger partial charge in [0.1, 0.15) is 11.4 Å². The van der Waals surface area contributed by atoms with Crippen molar-refractivity contribution in [2.75, 3.05) is 13.6 Å². The van der Waals surface area contributed by atoms with Crippen LogP contribution in [-0.4, -0.2) is 45.7 Å². The van der Waals surface area contributed by atoms with Gasteiger partial charge in [0.2, 0.25) is 11.9 Å². The molecule has 1 aromatic heterocycles. The number of amides is 3. The van der Waals surface area contributed by atoms with Crippen molar-refractivity contribution in [2.45, 2.75) is 33.4 Å². The Morgan fingerprint density at radius 3 is 2.62 bits per heavy atom. The van der Waals surface area contributed by atoms with E-state index in [1.54, 1.807) is 20.0 Å². The zero-order valence-corrected chi connectivity index (χ0v) is 14.5. The Bertz CT molecular complexity index is 817. The number of nitrogens with zero attached hydrogens (tertiary/aromatic N) is 5. The van der Waals surface area contributed by atoms with Crippen LogP contribution in [0.25, 0.3) is 0 Å². The molecule has 24 heavy (non-hydrogen) atoms.